The van der Waals surface area contributed by atoms with Gasteiger partial charge >= 0.3 is 0 Å². The molecule has 4 N–H and O–H groups in total. The van der Waals surface area contributed by atoms with Gasteiger partial charge in [0.05, 0.1) is 6.10 Å². The summed E-state index contributed by atoms with van der Waals surface area (Å²) in [5, 5.41) is 14.5. The van der Waals surface area contributed by atoms with Crippen LogP contribution in [0.5, 0.6) is 0 Å². The largest absolute Gasteiger partial charge is 0.398 e. The molecule has 0 aliphatic carbocycles. The Kier molecular flexibility index (Phi) is 3.15. The lowest BCUT2D eigenvalue weighted by Crippen LogP contribution is -2.15. The number of fused-ring (bicyclic) bond motifs is 1. The van der Waals surface area contributed by atoms with Crippen LogP contribution in [-0.2, 0) is 0 Å². The second kappa shape index (κ2) is 4.59. The maximum absolute atomic E-state index is 9.30. The summed E-state index contributed by atoms with van der Waals surface area (Å²) in [5.74, 6) is 0. The van der Waals surface area contributed by atoms with Gasteiger partial charge in [-0.2, -0.15) is 0 Å². The normalized spacial score (nSPS) is 12.6. The predicted molar refractivity (Wildman–Crippen MR) is 71.1 cm³/mol. The molecule has 1 aromatic heterocycles. The molecule has 1 unspecified atom stereocenters. The van der Waals surface area contributed by atoms with Crippen molar-refractivity contribution in [3.63, 3.8) is 0 Å². The van der Waals surface area contributed by atoms with Gasteiger partial charge in [-0.15, -0.1) is 0 Å². The fourth-order valence-electron chi connectivity index (χ4n) is 1.78. The number of aromatic nitrogens is 1. The van der Waals surface area contributed by atoms with Crippen LogP contribution in [0.2, 0.25) is 0 Å². The van der Waals surface area contributed by atoms with Gasteiger partial charge in [0.1, 0.15) is 0 Å². The van der Waals surface area contributed by atoms with Crippen LogP contribution in [0.3, 0.4) is 0 Å². The van der Waals surface area contributed by atoms with Crippen LogP contribution in [0.1, 0.15) is 12.6 Å². The quantitative estimate of drug-likeness (QED) is 0.706. The number of rotatable bonds is 3. The zero-order valence-electron chi connectivity index (χ0n) is 10.1. The maximum atomic E-state index is 9.30. The number of nitrogens with two attached hydrogens (primary N) is 1. The number of hydrogen-bond donors (Lipinski definition) is 3. The van der Waals surface area contributed by atoms with Crippen molar-refractivity contribution in [3.8, 4) is 0 Å². The Labute approximate surface area is 100 Å². The van der Waals surface area contributed by atoms with E-state index in [1.54, 1.807) is 13.1 Å². The van der Waals surface area contributed by atoms with Crippen LogP contribution < -0.4 is 11.1 Å². The third-order valence-electron chi connectivity index (χ3n) is 2.66. The van der Waals surface area contributed by atoms with E-state index in [1.807, 2.05) is 25.1 Å². The first-order valence-electron chi connectivity index (χ1n) is 5.64. The molecular formula is C13H17N3O. The average Bonchev–Trinajstić information content (AvgIpc) is 2.28. The van der Waals surface area contributed by atoms with Gasteiger partial charge < -0.3 is 16.2 Å². The van der Waals surface area contributed by atoms with E-state index < -0.39 is 0 Å². The molecular weight excluding hydrogens is 214 g/mol. The molecule has 0 spiro atoms. The van der Waals surface area contributed by atoms with Gasteiger partial charge in [0, 0.05) is 40.6 Å². The summed E-state index contributed by atoms with van der Waals surface area (Å²) in [6.45, 7) is 4.21. The van der Waals surface area contributed by atoms with Crippen molar-refractivity contribution >= 4 is 22.1 Å². The van der Waals surface area contributed by atoms with Crippen LogP contribution in [-0.4, -0.2) is 22.7 Å². The Hall–Kier alpha value is -1.81. The number of nitrogens with one attached hydrogen (secondary N) is 1. The van der Waals surface area contributed by atoms with E-state index in [4.69, 9.17) is 5.73 Å². The molecule has 0 aliphatic heterocycles. The summed E-state index contributed by atoms with van der Waals surface area (Å²) in [5.41, 5.74) is 8.55. The van der Waals surface area contributed by atoms with Crippen LogP contribution in [0.15, 0.2) is 24.4 Å². The smallest absolute Gasteiger partial charge is 0.0684 e. The summed E-state index contributed by atoms with van der Waals surface area (Å²) in [7, 11) is 0. The Morgan fingerprint density at radius 2 is 2.18 bits per heavy atom. The van der Waals surface area contributed by atoms with E-state index in [-0.39, 0.29) is 6.10 Å². The number of anilines is 2. The van der Waals surface area contributed by atoms with Crippen molar-refractivity contribution in [2.45, 2.75) is 20.0 Å². The average molecular weight is 231 g/mol. The Morgan fingerprint density at radius 1 is 1.41 bits per heavy atom. The lowest BCUT2D eigenvalue weighted by Gasteiger charge is -2.12. The van der Waals surface area contributed by atoms with E-state index in [0.717, 1.165) is 27.8 Å². The molecule has 2 rings (SSSR count). The number of aryl methyl sites for hydroxylation is 1. The molecule has 1 atom stereocenters. The molecule has 0 saturated heterocycles. The van der Waals surface area contributed by atoms with Gasteiger partial charge in [-0.25, -0.2) is 0 Å². The Bertz CT molecular complexity index is 537. The summed E-state index contributed by atoms with van der Waals surface area (Å²) < 4.78 is 0. The Morgan fingerprint density at radius 3 is 2.88 bits per heavy atom. The topological polar surface area (TPSA) is 71.2 Å². The van der Waals surface area contributed by atoms with Crippen molar-refractivity contribution < 1.29 is 5.11 Å². The SMILES string of the molecule is Cc1cc2c(NCC(C)O)ccc(N)c2cn1. The highest BCUT2D eigenvalue weighted by atomic mass is 16.3. The lowest BCUT2D eigenvalue weighted by molar-refractivity contribution is 0.208. The van der Waals surface area contributed by atoms with Gasteiger partial charge in [-0.1, -0.05) is 0 Å². The lowest BCUT2D eigenvalue weighted by atomic mass is 10.1. The minimum Gasteiger partial charge on any atom is -0.398 e. The molecule has 0 saturated carbocycles. The monoisotopic (exact) mass is 231 g/mol. The van der Waals surface area contributed by atoms with Crippen molar-refractivity contribution in [1.29, 1.82) is 0 Å². The summed E-state index contributed by atoms with van der Waals surface area (Å²) in [6, 6.07) is 5.78. The minimum absolute atomic E-state index is 0.384. The number of aliphatic hydroxyl groups is 1. The molecule has 17 heavy (non-hydrogen) atoms. The van der Waals surface area contributed by atoms with E-state index in [2.05, 4.69) is 10.3 Å². The standard InChI is InChI=1S/C13H17N3O/c1-8-5-10-11(7-15-8)12(14)3-4-13(10)16-6-9(2)17/h3-5,7,9,16-17H,6,14H2,1-2H3. The van der Waals surface area contributed by atoms with Crippen molar-refractivity contribution in [3.05, 3.63) is 30.1 Å². The van der Waals surface area contributed by atoms with Crippen molar-refractivity contribution in [1.82, 2.24) is 4.98 Å². The van der Waals surface area contributed by atoms with E-state index in [1.165, 1.54) is 0 Å². The first-order chi connectivity index (χ1) is 8.08. The van der Waals surface area contributed by atoms with Crippen LogP contribution >= 0.6 is 0 Å². The Balaban J connectivity index is 2.48. The molecule has 4 nitrogen and oxygen atoms in total. The first kappa shape index (κ1) is 11.7. The molecule has 0 bridgehead atoms. The van der Waals surface area contributed by atoms with Gasteiger partial charge in [0.25, 0.3) is 0 Å². The third kappa shape index (κ3) is 2.47. The summed E-state index contributed by atoms with van der Waals surface area (Å²) >= 11 is 0. The fourth-order valence-corrected chi connectivity index (χ4v) is 1.78. The molecule has 0 aliphatic rings. The minimum atomic E-state index is -0.384. The molecule has 1 aromatic carbocycles. The van der Waals surface area contributed by atoms with Crippen molar-refractivity contribution in [2.24, 2.45) is 0 Å². The van der Waals surface area contributed by atoms with E-state index in [9.17, 15) is 5.11 Å². The number of pyridine rings is 1. The van der Waals surface area contributed by atoms with Crippen LogP contribution in [0.25, 0.3) is 10.8 Å². The predicted octanol–water partition coefficient (Wildman–Crippen LogP) is 1.92. The van der Waals surface area contributed by atoms with Gasteiger partial charge in [0.15, 0.2) is 0 Å². The molecule has 0 amide bonds. The summed E-state index contributed by atoms with van der Waals surface area (Å²) in [4.78, 5) is 4.25. The van der Waals surface area contributed by atoms with E-state index in [0.29, 0.717) is 6.54 Å². The highest BCUT2D eigenvalue weighted by Gasteiger charge is 2.05. The third-order valence-corrected chi connectivity index (χ3v) is 2.66. The first-order valence-corrected chi connectivity index (χ1v) is 5.64. The maximum Gasteiger partial charge on any atom is 0.0684 e. The number of aliphatic hydroxyl groups excluding tert-OH is 1. The molecule has 90 valence electrons. The summed E-state index contributed by atoms with van der Waals surface area (Å²) in [6.07, 6.45) is 1.40. The van der Waals surface area contributed by atoms with Gasteiger partial charge in [0.2, 0.25) is 0 Å². The van der Waals surface area contributed by atoms with Gasteiger partial charge in [-0.05, 0) is 32.0 Å². The zero-order valence-corrected chi connectivity index (χ0v) is 10.1. The molecule has 1 heterocycles. The number of hydrogen-bond acceptors (Lipinski definition) is 4. The fraction of sp³-hybridized carbons (Fsp3) is 0.308. The van der Waals surface area contributed by atoms with Crippen LogP contribution in [0.4, 0.5) is 11.4 Å². The van der Waals surface area contributed by atoms with Crippen molar-refractivity contribution in [2.75, 3.05) is 17.6 Å². The van der Waals surface area contributed by atoms with E-state index >= 15 is 0 Å². The van der Waals surface area contributed by atoms with Crippen LogP contribution in [0, 0.1) is 6.92 Å². The number of nitrogen functional groups attached to an aromatic ring is 1. The zero-order chi connectivity index (χ0) is 12.4. The highest BCUT2D eigenvalue weighted by molar-refractivity contribution is 6.00. The highest BCUT2D eigenvalue weighted by Crippen LogP contribution is 2.28. The second-order valence-electron chi connectivity index (χ2n) is 4.30. The molecule has 4 heteroatoms. The van der Waals surface area contributed by atoms with Gasteiger partial charge in [-0.3, -0.25) is 4.98 Å². The molecule has 2 aromatic rings. The molecule has 0 radical (unpaired) electrons. The number of benzene rings is 1. The number of nitrogens with zero attached hydrogens (tertiary/aromatic N) is 1. The second-order valence-corrected chi connectivity index (χ2v) is 4.30. The molecule has 0 fully saturated rings.